The molecule has 0 atom stereocenters. The number of carbonyl (C=O) groups is 2. The number of anilines is 1. The minimum absolute atomic E-state index is 0.0177. The number of para-hydroxylation sites is 1. The highest BCUT2D eigenvalue weighted by atomic mass is 16.6. The van der Waals surface area contributed by atoms with Crippen LogP contribution in [-0.4, -0.2) is 67.2 Å². The molecule has 3 heterocycles. The Bertz CT molecular complexity index is 1080. The molecule has 35 heavy (non-hydrogen) atoms. The van der Waals surface area contributed by atoms with E-state index in [-0.39, 0.29) is 17.4 Å². The lowest BCUT2D eigenvalue weighted by Crippen LogP contribution is -2.52. The van der Waals surface area contributed by atoms with Gasteiger partial charge in [-0.2, -0.15) is 0 Å². The highest BCUT2D eigenvalue weighted by molar-refractivity contribution is 6.00. The maximum absolute atomic E-state index is 12.8. The van der Waals surface area contributed by atoms with Gasteiger partial charge < -0.3 is 19.4 Å². The maximum Gasteiger partial charge on any atom is 0.409 e. The molecular formula is C29H37N3O3. The number of hydrogen-bond acceptors (Lipinski definition) is 4. The van der Waals surface area contributed by atoms with Crippen LogP contribution in [-0.2, 0) is 14.9 Å². The van der Waals surface area contributed by atoms with E-state index in [0.29, 0.717) is 12.6 Å². The van der Waals surface area contributed by atoms with Gasteiger partial charge >= 0.3 is 6.09 Å². The minimum atomic E-state index is -0.181. The molecule has 2 saturated heterocycles. The normalized spacial score (nSPS) is 20.2. The summed E-state index contributed by atoms with van der Waals surface area (Å²) in [5.74, 6) is 0.122. The topological polar surface area (TPSA) is 53.1 Å². The third-order valence-corrected chi connectivity index (χ3v) is 8.34. The van der Waals surface area contributed by atoms with Gasteiger partial charge in [0.25, 0.3) is 0 Å². The Morgan fingerprint density at radius 1 is 1.00 bits per heavy atom. The molecule has 1 spiro atoms. The molecule has 2 amide bonds. The average Bonchev–Trinajstić information content (AvgIpc) is 3.20. The van der Waals surface area contributed by atoms with Crippen LogP contribution in [0, 0.1) is 6.92 Å². The Labute approximate surface area is 208 Å². The summed E-state index contributed by atoms with van der Waals surface area (Å²) in [7, 11) is 0. The number of piperidine rings is 2. The fourth-order valence-corrected chi connectivity index (χ4v) is 6.34. The van der Waals surface area contributed by atoms with Gasteiger partial charge in [-0.15, -0.1) is 0 Å². The van der Waals surface area contributed by atoms with E-state index in [4.69, 9.17) is 4.74 Å². The largest absolute Gasteiger partial charge is 0.450 e. The van der Waals surface area contributed by atoms with Crippen LogP contribution in [0.15, 0.2) is 42.5 Å². The van der Waals surface area contributed by atoms with Crippen LogP contribution in [0.4, 0.5) is 10.5 Å². The molecule has 5 rings (SSSR count). The van der Waals surface area contributed by atoms with Gasteiger partial charge in [0.2, 0.25) is 5.91 Å². The molecule has 2 fully saturated rings. The number of rotatable bonds is 3. The van der Waals surface area contributed by atoms with Gasteiger partial charge in [0.15, 0.2) is 0 Å². The van der Waals surface area contributed by atoms with Crippen molar-refractivity contribution in [3.63, 3.8) is 0 Å². The number of nitrogens with zero attached hydrogens (tertiary/aromatic N) is 3. The summed E-state index contributed by atoms with van der Waals surface area (Å²) in [6, 6.07) is 15.7. The highest BCUT2D eigenvalue weighted by Gasteiger charge is 2.47. The van der Waals surface area contributed by atoms with E-state index in [1.165, 1.54) is 16.7 Å². The summed E-state index contributed by atoms with van der Waals surface area (Å²) < 4.78 is 5.18. The number of amides is 2. The molecule has 0 saturated carbocycles. The predicted molar refractivity (Wildman–Crippen MR) is 139 cm³/mol. The van der Waals surface area contributed by atoms with E-state index in [0.717, 1.165) is 69.7 Å². The van der Waals surface area contributed by atoms with Gasteiger partial charge in [-0.05, 0) is 63.7 Å². The van der Waals surface area contributed by atoms with E-state index in [2.05, 4.69) is 54.3 Å². The molecule has 0 bridgehead atoms. The second-order valence-electron chi connectivity index (χ2n) is 10.4. The summed E-state index contributed by atoms with van der Waals surface area (Å²) in [4.78, 5) is 31.3. The number of likely N-dealkylation sites (tertiary alicyclic amines) is 2. The zero-order valence-corrected chi connectivity index (χ0v) is 21.3. The van der Waals surface area contributed by atoms with Crippen molar-refractivity contribution >= 4 is 17.7 Å². The fraction of sp³-hybridized carbons (Fsp3) is 0.517. The molecule has 3 aliphatic rings. The maximum atomic E-state index is 12.8. The number of ether oxygens (including phenoxy) is 1. The highest BCUT2D eigenvalue weighted by Crippen LogP contribution is 2.51. The van der Waals surface area contributed by atoms with E-state index in [1.54, 1.807) is 6.92 Å². The summed E-state index contributed by atoms with van der Waals surface area (Å²) in [5, 5.41) is 0. The third-order valence-electron chi connectivity index (χ3n) is 8.34. The third kappa shape index (κ3) is 4.44. The first-order chi connectivity index (χ1) is 16.9. The van der Waals surface area contributed by atoms with Crippen LogP contribution in [0.5, 0.6) is 0 Å². The van der Waals surface area contributed by atoms with Crippen molar-refractivity contribution in [2.24, 2.45) is 0 Å². The van der Waals surface area contributed by atoms with Gasteiger partial charge in [-0.3, -0.25) is 4.79 Å². The van der Waals surface area contributed by atoms with Gasteiger partial charge in [0.1, 0.15) is 0 Å². The van der Waals surface area contributed by atoms with Crippen molar-refractivity contribution < 1.29 is 14.3 Å². The first-order valence-electron chi connectivity index (χ1n) is 13.1. The molecule has 6 nitrogen and oxygen atoms in total. The molecule has 2 aromatic rings. The van der Waals surface area contributed by atoms with Crippen LogP contribution in [0.25, 0.3) is 11.1 Å². The molecule has 0 aliphatic carbocycles. The average molecular weight is 476 g/mol. The standard InChI is InChI=1S/C29H37N3O3/c1-4-35-28(34)31-16-12-24(13-17-31)30-18-14-29(15-19-30)20-32(22(3)33)27-25(6-5-7-26(27)29)23-10-8-21(2)9-11-23/h5-11,24H,4,12-20H2,1-3H3. The quantitative estimate of drug-likeness (QED) is 0.628. The molecule has 0 N–H and O–H groups in total. The van der Waals surface area contributed by atoms with Crippen molar-refractivity contribution in [3.05, 3.63) is 53.6 Å². The summed E-state index contributed by atoms with van der Waals surface area (Å²) in [6.45, 7) is 10.5. The van der Waals surface area contributed by atoms with E-state index < -0.39 is 0 Å². The number of carbonyl (C=O) groups excluding carboxylic acids is 2. The molecule has 3 aliphatic heterocycles. The SMILES string of the molecule is CCOC(=O)N1CCC(N2CCC3(CC2)CN(C(C)=O)c2c(-c4ccc(C)cc4)cccc23)CC1. The molecule has 6 heteroatoms. The molecule has 186 valence electrons. The van der Waals surface area contributed by atoms with Gasteiger partial charge in [0, 0.05) is 43.6 Å². The van der Waals surface area contributed by atoms with Crippen LogP contribution >= 0.6 is 0 Å². The van der Waals surface area contributed by atoms with Crippen LogP contribution in [0.2, 0.25) is 0 Å². The van der Waals surface area contributed by atoms with Crippen molar-refractivity contribution in [1.29, 1.82) is 0 Å². The van der Waals surface area contributed by atoms with Crippen molar-refractivity contribution in [3.8, 4) is 11.1 Å². The van der Waals surface area contributed by atoms with Gasteiger partial charge in [-0.25, -0.2) is 4.79 Å². The smallest absolute Gasteiger partial charge is 0.409 e. The number of hydrogen-bond donors (Lipinski definition) is 0. The van der Waals surface area contributed by atoms with E-state index >= 15 is 0 Å². The zero-order valence-electron chi connectivity index (χ0n) is 21.3. The fourth-order valence-electron chi connectivity index (χ4n) is 6.34. The summed E-state index contributed by atoms with van der Waals surface area (Å²) >= 11 is 0. The first kappa shape index (κ1) is 23.9. The molecule has 0 unspecified atom stereocenters. The zero-order chi connectivity index (χ0) is 24.6. The Balaban J connectivity index is 1.33. The van der Waals surface area contributed by atoms with Crippen molar-refractivity contribution in [2.75, 3.05) is 44.2 Å². The second kappa shape index (κ2) is 9.65. The molecular weight excluding hydrogens is 438 g/mol. The Kier molecular flexibility index (Phi) is 6.58. The summed E-state index contributed by atoms with van der Waals surface area (Å²) in [6.07, 6.45) is 3.93. The Hall–Kier alpha value is -2.86. The van der Waals surface area contributed by atoms with Crippen molar-refractivity contribution in [1.82, 2.24) is 9.80 Å². The Morgan fingerprint density at radius 2 is 1.69 bits per heavy atom. The number of aryl methyl sites for hydroxylation is 1. The van der Waals surface area contributed by atoms with E-state index in [1.807, 2.05) is 16.7 Å². The lowest BCUT2D eigenvalue weighted by atomic mass is 9.73. The van der Waals surface area contributed by atoms with Crippen LogP contribution in [0.3, 0.4) is 0 Å². The molecule has 2 aromatic carbocycles. The molecule has 0 aromatic heterocycles. The Morgan fingerprint density at radius 3 is 2.31 bits per heavy atom. The van der Waals surface area contributed by atoms with E-state index in [9.17, 15) is 9.59 Å². The van der Waals surface area contributed by atoms with Gasteiger partial charge in [-0.1, -0.05) is 48.0 Å². The minimum Gasteiger partial charge on any atom is -0.450 e. The van der Waals surface area contributed by atoms with Crippen LogP contribution < -0.4 is 4.90 Å². The molecule has 0 radical (unpaired) electrons. The first-order valence-corrected chi connectivity index (χ1v) is 13.1. The lowest BCUT2D eigenvalue weighted by Gasteiger charge is -2.45. The van der Waals surface area contributed by atoms with Crippen LogP contribution in [0.1, 0.15) is 50.7 Å². The summed E-state index contributed by atoms with van der Waals surface area (Å²) in [5.41, 5.74) is 6.03. The van der Waals surface area contributed by atoms with Crippen molar-refractivity contribution in [2.45, 2.75) is 57.9 Å². The monoisotopic (exact) mass is 475 g/mol. The number of fused-ring (bicyclic) bond motifs is 2. The second-order valence-corrected chi connectivity index (χ2v) is 10.4. The lowest BCUT2D eigenvalue weighted by molar-refractivity contribution is -0.116. The number of benzene rings is 2. The van der Waals surface area contributed by atoms with Gasteiger partial charge in [0.05, 0.1) is 12.3 Å². The predicted octanol–water partition coefficient (Wildman–Crippen LogP) is 4.98.